The van der Waals surface area contributed by atoms with E-state index in [0.717, 1.165) is 24.7 Å². The van der Waals surface area contributed by atoms with E-state index >= 15 is 0 Å². The molecule has 2 unspecified atom stereocenters. The van der Waals surface area contributed by atoms with Crippen molar-refractivity contribution in [3.05, 3.63) is 24.3 Å². The molecule has 4 heteroatoms. The molecule has 2 saturated heterocycles. The molecule has 16 heavy (non-hydrogen) atoms. The van der Waals surface area contributed by atoms with E-state index in [1.54, 1.807) is 0 Å². The van der Waals surface area contributed by atoms with Gasteiger partial charge in [-0.1, -0.05) is 6.07 Å². The number of thioether (sulfide) groups is 2. The molecular formula is C12H14O2S2. The Balaban J connectivity index is 1.52. The minimum Gasteiger partial charge on any atom is -0.372 e. The van der Waals surface area contributed by atoms with E-state index in [0.29, 0.717) is 12.2 Å². The fraction of sp³-hybridized carbons (Fsp3) is 0.500. The smallest absolute Gasteiger partial charge is 0.0903 e. The molecule has 0 aromatic heterocycles. The van der Waals surface area contributed by atoms with E-state index in [9.17, 15) is 0 Å². The van der Waals surface area contributed by atoms with Crippen LogP contribution in [0, 0.1) is 0 Å². The van der Waals surface area contributed by atoms with Crippen LogP contribution in [-0.2, 0) is 9.47 Å². The first kappa shape index (κ1) is 11.0. The quantitative estimate of drug-likeness (QED) is 0.575. The maximum atomic E-state index is 5.21. The summed E-state index contributed by atoms with van der Waals surface area (Å²) in [6.45, 7) is 1.89. The van der Waals surface area contributed by atoms with Crippen molar-refractivity contribution in [2.75, 3.05) is 24.7 Å². The van der Waals surface area contributed by atoms with E-state index in [1.165, 1.54) is 9.79 Å². The second-order valence-electron chi connectivity index (χ2n) is 4.01. The van der Waals surface area contributed by atoms with Crippen LogP contribution in [0.5, 0.6) is 0 Å². The highest BCUT2D eigenvalue weighted by atomic mass is 32.2. The van der Waals surface area contributed by atoms with Gasteiger partial charge in [-0.2, -0.15) is 0 Å². The zero-order valence-corrected chi connectivity index (χ0v) is 10.6. The van der Waals surface area contributed by atoms with Gasteiger partial charge in [-0.15, -0.1) is 23.5 Å². The predicted octanol–water partition coefficient (Wildman–Crippen LogP) is 2.67. The summed E-state index contributed by atoms with van der Waals surface area (Å²) in [5.41, 5.74) is 0. The second kappa shape index (κ2) is 5.00. The standard InChI is InChI=1S/C12H14O2S2/c1-2-11(15-7-9-5-13-9)4-12(3-1)16-8-10-6-14-10/h1-4,9-10H,5-8H2. The first-order valence-corrected chi connectivity index (χ1v) is 7.46. The molecule has 2 fully saturated rings. The van der Waals surface area contributed by atoms with Crippen LogP contribution in [0.1, 0.15) is 0 Å². The molecule has 3 rings (SSSR count). The van der Waals surface area contributed by atoms with Crippen LogP contribution in [0.4, 0.5) is 0 Å². The maximum Gasteiger partial charge on any atom is 0.0903 e. The molecule has 1 aromatic rings. The molecule has 2 nitrogen and oxygen atoms in total. The van der Waals surface area contributed by atoms with E-state index in [2.05, 4.69) is 24.3 Å². The van der Waals surface area contributed by atoms with Gasteiger partial charge >= 0.3 is 0 Å². The van der Waals surface area contributed by atoms with Gasteiger partial charge in [0.1, 0.15) is 0 Å². The number of ether oxygens (including phenoxy) is 2. The molecule has 2 atom stereocenters. The van der Waals surface area contributed by atoms with Crippen molar-refractivity contribution in [3.63, 3.8) is 0 Å². The third-order valence-corrected chi connectivity index (χ3v) is 4.73. The van der Waals surface area contributed by atoms with Gasteiger partial charge in [-0.3, -0.25) is 0 Å². The SMILES string of the molecule is c1cc(SCC2CO2)cc(SCC2CO2)c1. The lowest BCUT2D eigenvalue weighted by atomic mass is 10.4. The molecule has 0 radical (unpaired) electrons. The molecule has 0 bridgehead atoms. The van der Waals surface area contributed by atoms with Crippen LogP contribution >= 0.6 is 23.5 Å². The third-order valence-electron chi connectivity index (χ3n) is 2.48. The Hall–Kier alpha value is -0.160. The number of rotatable bonds is 6. The average molecular weight is 254 g/mol. The van der Waals surface area contributed by atoms with Crippen LogP contribution < -0.4 is 0 Å². The summed E-state index contributed by atoms with van der Waals surface area (Å²) in [5, 5.41) is 0. The predicted molar refractivity (Wildman–Crippen MR) is 67.4 cm³/mol. The van der Waals surface area contributed by atoms with Crippen molar-refractivity contribution in [1.29, 1.82) is 0 Å². The molecule has 0 aliphatic carbocycles. The lowest BCUT2D eigenvalue weighted by Crippen LogP contribution is -1.90. The first-order valence-electron chi connectivity index (χ1n) is 5.49. The van der Waals surface area contributed by atoms with Gasteiger partial charge < -0.3 is 9.47 Å². The Morgan fingerprint density at radius 3 is 1.94 bits per heavy atom. The summed E-state index contributed by atoms with van der Waals surface area (Å²) in [6, 6.07) is 8.74. The van der Waals surface area contributed by atoms with E-state index in [-0.39, 0.29) is 0 Å². The van der Waals surface area contributed by atoms with E-state index < -0.39 is 0 Å². The normalized spacial score (nSPS) is 26.8. The molecular weight excluding hydrogens is 240 g/mol. The highest BCUT2D eigenvalue weighted by Crippen LogP contribution is 2.29. The molecule has 1 aromatic carbocycles. The van der Waals surface area contributed by atoms with Crippen molar-refractivity contribution in [2.24, 2.45) is 0 Å². The Morgan fingerprint density at radius 1 is 1.00 bits per heavy atom. The fourth-order valence-corrected chi connectivity index (χ4v) is 3.35. The maximum absolute atomic E-state index is 5.21. The molecule has 0 amide bonds. The van der Waals surface area contributed by atoms with E-state index in [1.807, 2.05) is 23.5 Å². The van der Waals surface area contributed by atoms with Crippen molar-refractivity contribution >= 4 is 23.5 Å². The molecule has 2 aliphatic heterocycles. The third kappa shape index (κ3) is 3.42. The number of epoxide rings is 2. The van der Waals surface area contributed by atoms with Gasteiger partial charge in [0.15, 0.2) is 0 Å². The fourth-order valence-electron chi connectivity index (χ4n) is 1.36. The van der Waals surface area contributed by atoms with Crippen LogP contribution in [-0.4, -0.2) is 36.9 Å². The summed E-state index contributed by atoms with van der Waals surface area (Å²) < 4.78 is 10.4. The molecule has 86 valence electrons. The van der Waals surface area contributed by atoms with Crippen LogP contribution in [0.3, 0.4) is 0 Å². The molecule has 0 spiro atoms. The second-order valence-corrected chi connectivity index (χ2v) is 6.19. The Morgan fingerprint density at radius 2 is 1.50 bits per heavy atom. The summed E-state index contributed by atoms with van der Waals surface area (Å²) in [5.74, 6) is 2.17. The van der Waals surface area contributed by atoms with Crippen LogP contribution in [0.15, 0.2) is 34.1 Å². The van der Waals surface area contributed by atoms with Crippen LogP contribution in [0.25, 0.3) is 0 Å². The highest BCUT2D eigenvalue weighted by molar-refractivity contribution is 8.00. The van der Waals surface area contributed by atoms with Gasteiger partial charge in [0.25, 0.3) is 0 Å². The summed E-state index contributed by atoms with van der Waals surface area (Å²) in [4.78, 5) is 2.69. The number of hydrogen-bond donors (Lipinski definition) is 0. The first-order chi connectivity index (χ1) is 7.90. The minimum absolute atomic E-state index is 0.501. The Bertz CT molecular complexity index is 331. The lowest BCUT2D eigenvalue weighted by Gasteiger charge is -2.03. The highest BCUT2D eigenvalue weighted by Gasteiger charge is 2.23. The summed E-state index contributed by atoms with van der Waals surface area (Å²) >= 11 is 3.77. The molecule has 2 aliphatic rings. The van der Waals surface area contributed by atoms with Gasteiger partial charge in [-0.05, 0) is 18.2 Å². The topological polar surface area (TPSA) is 25.1 Å². The van der Waals surface area contributed by atoms with Gasteiger partial charge in [0.05, 0.1) is 25.4 Å². The average Bonchev–Trinajstić information content (AvgIpc) is 3.17. The van der Waals surface area contributed by atoms with Crippen molar-refractivity contribution < 1.29 is 9.47 Å². The van der Waals surface area contributed by atoms with Crippen molar-refractivity contribution in [2.45, 2.75) is 22.0 Å². The van der Waals surface area contributed by atoms with Gasteiger partial charge in [0, 0.05) is 21.3 Å². The zero-order valence-electron chi connectivity index (χ0n) is 8.93. The molecule has 2 heterocycles. The zero-order chi connectivity index (χ0) is 10.8. The van der Waals surface area contributed by atoms with Crippen molar-refractivity contribution in [1.82, 2.24) is 0 Å². The van der Waals surface area contributed by atoms with E-state index in [4.69, 9.17) is 9.47 Å². The molecule has 0 N–H and O–H groups in total. The van der Waals surface area contributed by atoms with Crippen LogP contribution in [0.2, 0.25) is 0 Å². The Kier molecular flexibility index (Phi) is 3.43. The van der Waals surface area contributed by atoms with Crippen molar-refractivity contribution in [3.8, 4) is 0 Å². The summed E-state index contributed by atoms with van der Waals surface area (Å²) in [6.07, 6.45) is 1.00. The Labute approximate surface area is 104 Å². The van der Waals surface area contributed by atoms with Gasteiger partial charge in [-0.25, -0.2) is 0 Å². The lowest BCUT2D eigenvalue weighted by molar-refractivity contribution is 0.426. The number of hydrogen-bond acceptors (Lipinski definition) is 4. The molecule has 0 saturated carbocycles. The van der Waals surface area contributed by atoms with Gasteiger partial charge in [0.2, 0.25) is 0 Å². The summed E-state index contributed by atoms with van der Waals surface area (Å²) in [7, 11) is 0. The number of benzene rings is 1. The minimum atomic E-state index is 0.501. The monoisotopic (exact) mass is 254 g/mol. The largest absolute Gasteiger partial charge is 0.372 e.